The van der Waals surface area contributed by atoms with Gasteiger partial charge in [0.2, 0.25) is 10.0 Å². The van der Waals surface area contributed by atoms with Crippen LogP contribution < -0.4 is 4.72 Å². The summed E-state index contributed by atoms with van der Waals surface area (Å²) in [5, 5.41) is 11.8. The third-order valence-electron chi connectivity index (χ3n) is 2.70. The predicted molar refractivity (Wildman–Crippen MR) is 77.5 cm³/mol. The van der Waals surface area contributed by atoms with Crippen LogP contribution in [-0.2, 0) is 16.6 Å². The molecule has 0 aliphatic heterocycles. The minimum absolute atomic E-state index is 0.0708. The van der Waals surface area contributed by atoms with E-state index in [4.69, 9.17) is 0 Å². The molecule has 0 spiro atoms. The maximum absolute atomic E-state index is 12.0. The normalized spacial score (nSPS) is 11.6. The molecule has 0 amide bonds. The van der Waals surface area contributed by atoms with Gasteiger partial charge in [0.15, 0.2) is 0 Å². The lowest BCUT2D eigenvalue weighted by molar-refractivity contribution is 0.580. The highest BCUT2D eigenvalue weighted by atomic mass is 32.2. The number of hydrogen-bond donors (Lipinski definition) is 1. The molecule has 3 heterocycles. The van der Waals surface area contributed by atoms with Gasteiger partial charge < -0.3 is 0 Å². The van der Waals surface area contributed by atoms with E-state index < -0.39 is 10.0 Å². The van der Waals surface area contributed by atoms with Gasteiger partial charge in [0.05, 0.1) is 24.1 Å². The second-order valence-electron chi connectivity index (χ2n) is 4.15. The number of sulfonamides is 1. The number of thiophene rings is 1. The van der Waals surface area contributed by atoms with E-state index in [2.05, 4.69) is 20.0 Å². The van der Waals surface area contributed by atoms with Crippen LogP contribution in [0.1, 0.15) is 5.69 Å². The number of hydrogen-bond acceptors (Lipinski definition) is 6. The SMILES string of the molecule is O=S(=O)(NCc1cn(-c2ccsc2)nn1)c1cccnc1. The van der Waals surface area contributed by atoms with Crippen molar-refractivity contribution in [2.24, 2.45) is 0 Å². The van der Waals surface area contributed by atoms with Crippen LogP contribution in [0.2, 0.25) is 0 Å². The molecule has 0 aromatic carbocycles. The van der Waals surface area contributed by atoms with Gasteiger partial charge >= 0.3 is 0 Å². The fourth-order valence-electron chi connectivity index (χ4n) is 1.65. The molecule has 1 N–H and O–H groups in total. The minimum atomic E-state index is -3.59. The Hall–Kier alpha value is -2.10. The van der Waals surface area contributed by atoms with E-state index in [1.807, 2.05) is 16.8 Å². The van der Waals surface area contributed by atoms with Crippen LogP contribution in [0.25, 0.3) is 5.69 Å². The lowest BCUT2D eigenvalue weighted by Crippen LogP contribution is -2.23. The van der Waals surface area contributed by atoms with Gasteiger partial charge in [0.1, 0.15) is 4.90 Å². The standard InChI is InChI=1S/C12H11N5O2S2/c18-21(19,12-2-1-4-13-7-12)14-6-10-8-17(16-15-10)11-3-5-20-9-11/h1-5,7-9,14H,6H2. The van der Waals surface area contributed by atoms with Gasteiger partial charge in [-0.05, 0) is 23.6 Å². The van der Waals surface area contributed by atoms with E-state index >= 15 is 0 Å². The van der Waals surface area contributed by atoms with Crippen molar-refractivity contribution in [2.45, 2.75) is 11.4 Å². The Bertz CT molecular complexity index is 812. The molecule has 0 aliphatic rings. The second kappa shape index (κ2) is 5.72. The lowest BCUT2D eigenvalue weighted by Gasteiger charge is -2.03. The highest BCUT2D eigenvalue weighted by Crippen LogP contribution is 2.11. The summed E-state index contributed by atoms with van der Waals surface area (Å²) in [6.07, 6.45) is 4.50. The number of nitrogens with one attached hydrogen (secondary N) is 1. The van der Waals surface area contributed by atoms with Crippen LogP contribution in [0.5, 0.6) is 0 Å². The second-order valence-corrected chi connectivity index (χ2v) is 6.70. The number of aromatic nitrogens is 4. The summed E-state index contributed by atoms with van der Waals surface area (Å²) < 4.78 is 28.1. The first-order valence-electron chi connectivity index (χ1n) is 5.99. The molecule has 0 saturated heterocycles. The molecule has 3 rings (SSSR count). The first-order valence-corrected chi connectivity index (χ1v) is 8.41. The molecule has 9 heteroatoms. The summed E-state index contributed by atoms with van der Waals surface area (Å²) in [5.41, 5.74) is 1.43. The van der Waals surface area contributed by atoms with E-state index in [1.165, 1.54) is 18.5 Å². The zero-order chi connectivity index (χ0) is 14.7. The monoisotopic (exact) mass is 321 g/mol. The van der Waals surface area contributed by atoms with Crippen LogP contribution in [0, 0.1) is 0 Å². The molecule has 0 saturated carbocycles. The largest absolute Gasteiger partial charge is 0.263 e. The predicted octanol–water partition coefficient (Wildman–Crippen LogP) is 1.20. The maximum atomic E-state index is 12.0. The molecule has 0 radical (unpaired) electrons. The van der Waals surface area contributed by atoms with Crippen molar-refractivity contribution in [3.05, 3.63) is 53.2 Å². The summed E-state index contributed by atoms with van der Waals surface area (Å²) in [5.74, 6) is 0. The summed E-state index contributed by atoms with van der Waals surface area (Å²) >= 11 is 1.55. The van der Waals surface area contributed by atoms with Crippen molar-refractivity contribution in [3.8, 4) is 5.69 Å². The maximum Gasteiger partial charge on any atom is 0.242 e. The van der Waals surface area contributed by atoms with Crippen molar-refractivity contribution < 1.29 is 8.42 Å². The highest BCUT2D eigenvalue weighted by molar-refractivity contribution is 7.89. The Labute approximate surface area is 125 Å². The molecular weight excluding hydrogens is 310 g/mol. The molecule has 0 fully saturated rings. The summed E-state index contributed by atoms with van der Waals surface area (Å²) in [6.45, 7) is 0.0708. The Kier molecular flexibility index (Phi) is 3.78. The molecule has 0 atom stereocenters. The van der Waals surface area contributed by atoms with Crippen LogP contribution in [0.15, 0.2) is 52.4 Å². The third-order valence-corrected chi connectivity index (χ3v) is 4.76. The Balaban J connectivity index is 1.71. The number of nitrogens with zero attached hydrogens (tertiary/aromatic N) is 4. The molecule has 0 aliphatic carbocycles. The lowest BCUT2D eigenvalue weighted by atomic mass is 10.5. The van der Waals surface area contributed by atoms with Gasteiger partial charge in [-0.25, -0.2) is 17.8 Å². The van der Waals surface area contributed by atoms with Crippen LogP contribution in [0.3, 0.4) is 0 Å². The minimum Gasteiger partial charge on any atom is -0.263 e. The summed E-state index contributed by atoms with van der Waals surface area (Å²) in [4.78, 5) is 3.91. The van der Waals surface area contributed by atoms with Gasteiger partial charge in [-0.3, -0.25) is 4.98 Å². The first kappa shape index (κ1) is 13.9. The average Bonchev–Trinajstić information content (AvgIpc) is 3.17. The Morgan fingerprint density at radius 2 is 2.24 bits per heavy atom. The third kappa shape index (κ3) is 3.15. The van der Waals surface area contributed by atoms with Gasteiger partial charge in [-0.2, -0.15) is 11.3 Å². The van der Waals surface area contributed by atoms with Crippen LogP contribution >= 0.6 is 11.3 Å². The van der Waals surface area contributed by atoms with E-state index in [0.717, 1.165) is 5.69 Å². The zero-order valence-corrected chi connectivity index (χ0v) is 12.4. The van der Waals surface area contributed by atoms with Crippen LogP contribution in [-0.4, -0.2) is 28.4 Å². The topological polar surface area (TPSA) is 89.8 Å². The number of pyridine rings is 1. The quantitative estimate of drug-likeness (QED) is 0.762. The molecule has 0 bridgehead atoms. The van der Waals surface area contributed by atoms with E-state index in [1.54, 1.807) is 28.3 Å². The molecule has 3 aromatic rings. The van der Waals surface area contributed by atoms with E-state index in [0.29, 0.717) is 5.69 Å². The molecule has 21 heavy (non-hydrogen) atoms. The van der Waals surface area contributed by atoms with Crippen molar-refractivity contribution in [1.82, 2.24) is 24.7 Å². The van der Waals surface area contributed by atoms with Crippen molar-refractivity contribution in [1.29, 1.82) is 0 Å². The molecule has 108 valence electrons. The fourth-order valence-corrected chi connectivity index (χ4v) is 3.24. The van der Waals surface area contributed by atoms with Crippen molar-refractivity contribution in [3.63, 3.8) is 0 Å². The molecular formula is C12H11N5O2S2. The molecule has 3 aromatic heterocycles. The van der Waals surface area contributed by atoms with Gasteiger partial charge in [0, 0.05) is 17.8 Å². The number of rotatable bonds is 5. The van der Waals surface area contributed by atoms with Crippen molar-refractivity contribution >= 4 is 21.4 Å². The average molecular weight is 321 g/mol. The first-order chi connectivity index (χ1) is 10.1. The van der Waals surface area contributed by atoms with Gasteiger partial charge in [0.25, 0.3) is 0 Å². The van der Waals surface area contributed by atoms with E-state index in [9.17, 15) is 8.42 Å². The van der Waals surface area contributed by atoms with Crippen LogP contribution in [0.4, 0.5) is 0 Å². The summed E-state index contributed by atoms with van der Waals surface area (Å²) in [7, 11) is -3.59. The smallest absolute Gasteiger partial charge is 0.242 e. The highest BCUT2D eigenvalue weighted by Gasteiger charge is 2.14. The van der Waals surface area contributed by atoms with Crippen molar-refractivity contribution in [2.75, 3.05) is 0 Å². The molecule has 7 nitrogen and oxygen atoms in total. The van der Waals surface area contributed by atoms with Gasteiger partial charge in [-0.1, -0.05) is 5.21 Å². The Morgan fingerprint density at radius 1 is 1.33 bits per heavy atom. The van der Waals surface area contributed by atoms with Gasteiger partial charge in [-0.15, -0.1) is 5.10 Å². The molecule has 0 unspecified atom stereocenters. The Morgan fingerprint density at radius 3 is 2.95 bits per heavy atom. The van der Waals surface area contributed by atoms with E-state index in [-0.39, 0.29) is 11.4 Å². The zero-order valence-electron chi connectivity index (χ0n) is 10.7. The fraction of sp³-hybridized carbons (Fsp3) is 0.0833. The summed E-state index contributed by atoms with van der Waals surface area (Å²) in [6, 6.07) is 4.96.